The summed E-state index contributed by atoms with van der Waals surface area (Å²) in [6.45, 7) is 1.38. The minimum atomic E-state index is -0.375. The lowest BCUT2D eigenvalue weighted by atomic mass is 10.2. The van der Waals surface area contributed by atoms with E-state index in [0.29, 0.717) is 28.4 Å². The van der Waals surface area contributed by atoms with Gasteiger partial charge in [0.15, 0.2) is 6.29 Å². The Morgan fingerprint density at radius 3 is 2.48 bits per heavy atom. The van der Waals surface area contributed by atoms with Gasteiger partial charge in [-0.2, -0.15) is 0 Å². The molecule has 0 bridgehead atoms. The van der Waals surface area contributed by atoms with E-state index in [1.165, 1.54) is 31.2 Å². The highest BCUT2D eigenvalue weighted by Gasteiger charge is 2.04. The van der Waals surface area contributed by atoms with E-state index in [1.54, 1.807) is 24.3 Å². The second-order valence-corrected chi connectivity index (χ2v) is 5.37. The van der Waals surface area contributed by atoms with Gasteiger partial charge in [0.25, 0.3) is 0 Å². The van der Waals surface area contributed by atoms with E-state index in [-0.39, 0.29) is 22.7 Å². The van der Waals surface area contributed by atoms with Gasteiger partial charge in [0.2, 0.25) is 5.91 Å². The van der Waals surface area contributed by atoms with Crippen molar-refractivity contribution in [2.75, 3.05) is 5.32 Å². The molecule has 0 aliphatic heterocycles. The zero-order chi connectivity index (χ0) is 18.4. The van der Waals surface area contributed by atoms with Crippen LogP contribution in [0.1, 0.15) is 17.3 Å². The number of nitrogens with one attached hydrogen (secondary N) is 1. The Labute approximate surface area is 147 Å². The molecule has 3 aromatic rings. The summed E-state index contributed by atoms with van der Waals surface area (Å²) < 4.78 is 25.3. The van der Waals surface area contributed by atoms with Crippen LogP contribution < -0.4 is 5.32 Å². The first-order chi connectivity index (χ1) is 11.9. The molecule has 0 aliphatic carbocycles. The molecule has 1 N–H and O–H groups in total. The monoisotopic (exact) mass is 362 g/mol. The number of benzene rings is 2. The summed E-state index contributed by atoms with van der Waals surface area (Å²) in [4.78, 5) is 24.9. The average molecular weight is 363 g/mol. The summed E-state index contributed by atoms with van der Waals surface area (Å²) in [6.07, 6.45) is 0.623. The Balaban J connectivity index is 0.000000186. The molecule has 3 rings (SSSR count). The smallest absolute Gasteiger partial charge is 0.221 e. The van der Waals surface area contributed by atoms with E-state index < -0.39 is 0 Å². The van der Waals surface area contributed by atoms with Crippen LogP contribution in [0.5, 0.6) is 0 Å². The number of hydrogen-bond donors (Lipinski definition) is 1. The highest BCUT2D eigenvalue weighted by atomic mass is 35.5. The number of carbonyl (C=O) groups excluding carboxylic acids is 2. The van der Waals surface area contributed by atoms with Crippen LogP contribution in [0.25, 0.3) is 10.9 Å². The second kappa shape index (κ2) is 8.30. The highest BCUT2D eigenvalue weighted by molar-refractivity contribution is 6.32. The maximum atomic E-state index is 12.8. The van der Waals surface area contributed by atoms with Gasteiger partial charge >= 0.3 is 0 Å². The van der Waals surface area contributed by atoms with Crippen molar-refractivity contribution in [1.29, 1.82) is 0 Å². The molecule has 0 fully saturated rings. The van der Waals surface area contributed by atoms with Gasteiger partial charge in [0.1, 0.15) is 16.8 Å². The molecule has 0 aliphatic rings. The zero-order valence-electron chi connectivity index (χ0n) is 13.1. The Morgan fingerprint density at radius 1 is 1.12 bits per heavy atom. The lowest BCUT2D eigenvalue weighted by Crippen LogP contribution is -2.05. The molecule has 0 spiro atoms. The maximum absolute atomic E-state index is 12.8. The van der Waals surface area contributed by atoms with Gasteiger partial charge in [0, 0.05) is 24.1 Å². The summed E-state index contributed by atoms with van der Waals surface area (Å²) >= 11 is 5.69. The van der Waals surface area contributed by atoms with Crippen molar-refractivity contribution >= 4 is 40.4 Å². The van der Waals surface area contributed by atoms with Gasteiger partial charge in [-0.1, -0.05) is 17.7 Å². The lowest BCUT2D eigenvalue weighted by molar-refractivity contribution is -0.114. The molecule has 0 saturated heterocycles. The first kappa shape index (κ1) is 18.5. The standard InChI is InChI=1S/C10H5ClFNO.C8H8FNO/c11-10-7(5-14)3-6-1-2-8(12)4-9(6)13-10;1-6(11)10-8-4-2-3-7(9)5-8/h1-5H;2-5H,1H3,(H,10,11). The van der Waals surface area contributed by atoms with Crippen LogP contribution in [0.3, 0.4) is 0 Å². The minimum absolute atomic E-state index is 0.0955. The number of pyridine rings is 1. The molecule has 0 unspecified atom stereocenters. The number of amides is 1. The molecule has 128 valence electrons. The first-order valence-electron chi connectivity index (χ1n) is 7.13. The molecule has 1 heterocycles. The van der Waals surface area contributed by atoms with E-state index in [9.17, 15) is 18.4 Å². The van der Waals surface area contributed by atoms with Gasteiger partial charge in [-0.25, -0.2) is 13.8 Å². The third-order valence-electron chi connectivity index (χ3n) is 3.03. The Hall–Kier alpha value is -2.86. The largest absolute Gasteiger partial charge is 0.326 e. The van der Waals surface area contributed by atoms with Gasteiger partial charge in [0.05, 0.1) is 11.1 Å². The van der Waals surface area contributed by atoms with Gasteiger partial charge in [-0.3, -0.25) is 9.59 Å². The third-order valence-corrected chi connectivity index (χ3v) is 3.33. The number of rotatable bonds is 2. The Bertz CT molecular complexity index is 932. The number of carbonyl (C=O) groups is 2. The van der Waals surface area contributed by atoms with Crippen molar-refractivity contribution < 1.29 is 18.4 Å². The maximum Gasteiger partial charge on any atom is 0.221 e. The number of nitrogens with zero attached hydrogens (tertiary/aromatic N) is 1. The molecule has 1 aromatic heterocycles. The first-order valence-corrected chi connectivity index (χ1v) is 7.51. The van der Waals surface area contributed by atoms with Crippen molar-refractivity contribution in [1.82, 2.24) is 4.98 Å². The fourth-order valence-corrected chi connectivity index (χ4v) is 2.18. The summed E-state index contributed by atoms with van der Waals surface area (Å²) in [7, 11) is 0. The quantitative estimate of drug-likeness (QED) is 0.534. The van der Waals surface area contributed by atoms with Crippen LogP contribution in [-0.4, -0.2) is 17.2 Å². The van der Waals surface area contributed by atoms with E-state index in [4.69, 9.17) is 11.6 Å². The number of aldehydes is 1. The molecule has 0 radical (unpaired) electrons. The number of halogens is 3. The minimum Gasteiger partial charge on any atom is -0.326 e. The summed E-state index contributed by atoms with van der Waals surface area (Å²) in [6, 6.07) is 11.5. The normalized spacial score (nSPS) is 9.92. The average Bonchev–Trinajstić information content (AvgIpc) is 2.54. The van der Waals surface area contributed by atoms with Crippen molar-refractivity contribution in [3.8, 4) is 0 Å². The number of aromatic nitrogens is 1. The predicted octanol–water partition coefficient (Wildman–Crippen LogP) is 4.62. The highest BCUT2D eigenvalue weighted by Crippen LogP contribution is 2.19. The predicted molar refractivity (Wildman–Crippen MR) is 92.8 cm³/mol. The van der Waals surface area contributed by atoms with Crippen LogP contribution in [0.4, 0.5) is 14.5 Å². The molecule has 0 atom stereocenters. The molecule has 0 saturated carbocycles. The van der Waals surface area contributed by atoms with E-state index in [1.807, 2.05) is 0 Å². The van der Waals surface area contributed by atoms with E-state index >= 15 is 0 Å². The molecular formula is C18H13ClF2N2O2. The molecule has 1 amide bonds. The fraction of sp³-hybridized carbons (Fsp3) is 0.0556. The van der Waals surface area contributed by atoms with Crippen molar-refractivity contribution in [3.05, 3.63) is 70.9 Å². The lowest BCUT2D eigenvalue weighted by Gasteiger charge is -2.00. The molecule has 2 aromatic carbocycles. The van der Waals surface area contributed by atoms with Crippen molar-refractivity contribution in [2.24, 2.45) is 0 Å². The summed E-state index contributed by atoms with van der Waals surface area (Å²) in [5, 5.41) is 3.25. The summed E-state index contributed by atoms with van der Waals surface area (Å²) in [5.74, 6) is -0.924. The number of fused-ring (bicyclic) bond motifs is 1. The Morgan fingerprint density at radius 2 is 1.84 bits per heavy atom. The zero-order valence-corrected chi connectivity index (χ0v) is 13.8. The fourth-order valence-electron chi connectivity index (χ4n) is 1.99. The topological polar surface area (TPSA) is 59.1 Å². The van der Waals surface area contributed by atoms with Crippen LogP contribution in [0, 0.1) is 11.6 Å². The molecule has 25 heavy (non-hydrogen) atoms. The number of hydrogen-bond acceptors (Lipinski definition) is 3. The summed E-state index contributed by atoms with van der Waals surface area (Å²) in [5.41, 5.74) is 1.24. The molecule has 7 heteroatoms. The van der Waals surface area contributed by atoms with E-state index in [2.05, 4.69) is 10.3 Å². The number of anilines is 1. The van der Waals surface area contributed by atoms with Crippen LogP contribution in [-0.2, 0) is 4.79 Å². The molecular weight excluding hydrogens is 350 g/mol. The Kier molecular flexibility index (Phi) is 6.14. The van der Waals surface area contributed by atoms with Crippen LogP contribution in [0.2, 0.25) is 5.15 Å². The second-order valence-electron chi connectivity index (χ2n) is 5.01. The van der Waals surface area contributed by atoms with Gasteiger partial charge < -0.3 is 5.32 Å². The van der Waals surface area contributed by atoms with Crippen molar-refractivity contribution in [2.45, 2.75) is 6.92 Å². The van der Waals surface area contributed by atoms with Crippen molar-refractivity contribution in [3.63, 3.8) is 0 Å². The SMILES string of the molecule is CC(=O)Nc1cccc(F)c1.O=Cc1cc2ccc(F)cc2nc1Cl. The third kappa shape index (κ3) is 5.32. The van der Waals surface area contributed by atoms with Crippen LogP contribution in [0.15, 0.2) is 48.5 Å². The van der Waals surface area contributed by atoms with E-state index in [0.717, 1.165) is 0 Å². The molecule has 4 nitrogen and oxygen atoms in total. The van der Waals surface area contributed by atoms with Gasteiger partial charge in [-0.15, -0.1) is 0 Å². The van der Waals surface area contributed by atoms with Gasteiger partial charge in [-0.05, 0) is 36.4 Å². The van der Waals surface area contributed by atoms with Crippen LogP contribution >= 0.6 is 11.6 Å².